The molecule has 0 aliphatic carbocycles. The summed E-state index contributed by atoms with van der Waals surface area (Å²) in [4.78, 5) is 3.86. The van der Waals surface area contributed by atoms with Crippen LogP contribution in [0.4, 0.5) is 0 Å². The lowest BCUT2D eigenvalue weighted by atomic mass is 10.3. The van der Waals surface area contributed by atoms with Crippen molar-refractivity contribution in [2.24, 2.45) is 10.7 Å². The van der Waals surface area contributed by atoms with Crippen LogP contribution < -0.4 is 5.73 Å². The minimum absolute atomic E-state index is 0.494. The van der Waals surface area contributed by atoms with E-state index < -0.39 is 0 Å². The van der Waals surface area contributed by atoms with Gasteiger partial charge < -0.3 is 5.73 Å². The summed E-state index contributed by atoms with van der Waals surface area (Å²) in [5.74, 6) is 0.494. The molecule has 2 N–H and O–H groups in total. The minimum atomic E-state index is 0.494. The molecule has 2 nitrogen and oxygen atoms in total. The molecule has 0 saturated carbocycles. The second-order valence-electron chi connectivity index (χ2n) is 1.78. The third-order valence-corrected chi connectivity index (χ3v) is 0.800. The molecule has 0 rings (SSSR count). The molecule has 0 aromatic carbocycles. The third kappa shape index (κ3) is 8.95. The summed E-state index contributed by atoms with van der Waals surface area (Å²) >= 11 is 0. The van der Waals surface area contributed by atoms with Crippen LogP contribution >= 0.6 is 0 Å². The second-order valence-corrected chi connectivity index (χ2v) is 1.78. The van der Waals surface area contributed by atoms with Crippen molar-refractivity contribution in [1.82, 2.24) is 0 Å². The van der Waals surface area contributed by atoms with Crippen LogP contribution in [0.15, 0.2) is 29.4 Å². The fraction of sp³-hybridized carbons (Fsp3) is 0.444. The molecule has 0 amide bonds. The first-order valence-corrected chi connectivity index (χ1v) is 3.78. The standard InChI is InChI=1S/C7H12N2.C2H6/c1-4-5-9-7(8)6(2)3;1-2/h4-5H,2H2,1,3H3,(H2,8,9);1-2H3/b5-4-;. The molecule has 0 fully saturated rings. The zero-order valence-corrected chi connectivity index (χ0v) is 7.89. The van der Waals surface area contributed by atoms with Crippen LogP contribution in [0.1, 0.15) is 27.7 Å². The van der Waals surface area contributed by atoms with Crippen LogP contribution in [-0.2, 0) is 0 Å². The molecule has 0 heterocycles. The molecule has 0 unspecified atom stereocenters. The molecule has 0 saturated heterocycles. The first-order chi connectivity index (χ1) is 5.18. The summed E-state index contributed by atoms with van der Waals surface area (Å²) in [5.41, 5.74) is 6.20. The van der Waals surface area contributed by atoms with E-state index in [2.05, 4.69) is 11.6 Å². The summed E-state index contributed by atoms with van der Waals surface area (Å²) in [6, 6.07) is 0. The number of hydrogen-bond acceptors (Lipinski definition) is 1. The molecule has 0 aromatic heterocycles. The van der Waals surface area contributed by atoms with Crippen molar-refractivity contribution in [2.75, 3.05) is 0 Å². The van der Waals surface area contributed by atoms with Gasteiger partial charge in [-0.05, 0) is 19.4 Å². The number of rotatable bonds is 2. The smallest absolute Gasteiger partial charge is 0.125 e. The monoisotopic (exact) mass is 154 g/mol. The molecular weight excluding hydrogens is 136 g/mol. The Bertz CT molecular complexity index is 155. The normalized spacial score (nSPS) is 10.7. The lowest BCUT2D eigenvalue weighted by Crippen LogP contribution is -2.10. The maximum atomic E-state index is 5.40. The highest BCUT2D eigenvalue weighted by molar-refractivity contribution is 5.96. The predicted octanol–water partition coefficient (Wildman–Crippen LogP) is 2.48. The van der Waals surface area contributed by atoms with E-state index in [1.807, 2.05) is 33.8 Å². The molecule has 0 aromatic rings. The van der Waals surface area contributed by atoms with Crippen molar-refractivity contribution < 1.29 is 0 Å². The van der Waals surface area contributed by atoms with Gasteiger partial charge in [0.1, 0.15) is 5.84 Å². The van der Waals surface area contributed by atoms with Crippen LogP contribution in [-0.4, -0.2) is 5.84 Å². The molecule has 0 radical (unpaired) electrons. The Morgan fingerprint density at radius 3 is 2.18 bits per heavy atom. The van der Waals surface area contributed by atoms with Gasteiger partial charge in [-0.2, -0.15) is 0 Å². The first-order valence-electron chi connectivity index (χ1n) is 3.78. The largest absolute Gasteiger partial charge is 0.384 e. The Kier molecular flexibility index (Phi) is 10.3. The number of amidine groups is 1. The molecule has 2 heteroatoms. The third-order valence-electron chi connectivity index (χ3n) is 0.800. The lowest BCUT2D eigenvalue weighted by Gasteiger charge is -1.92. The van der Waals surface area contributed by atoms with Crippen LogP contribution in [0, 0.1) is 0 Å². The van der Waals surface area contributed by atoms with Crippen molar-refractivity contribution in [3.05, 3.63) is 24.4 Å². The zero-order chi connectivity index (χ0) is 9.28. The molecule has 0 aliphatic heterocycles. The predicted molar refractivity (Wildman–Crippen MR) is 52.6 cm³/mol. The van der Waals surface area contributed by atoms with Crippen LogP contribution in [0.5, 0.6) is 0 Å². The molecule has 0 spiro atoms. The van der Waals surface area contributed by atoms with Gasteiger partial charge in [-0.3, -0.25) is 0 Å². The van der Waals surface area contributed by atoms with E-state index in [9.17, 15) is 0 Å². The summed E-state index contributed by atoms with van der Waals surface area (Å²) in [6.07, 6.45) is 3.46. The second kappa shape index (κ2) is 8.95. The van der Waals surface area contributed by atoms with E-state index >= 15 is 0 Å². The van der Waals surface area contributed by atoms with E-state index in [0.717, 1.165) is 5.57 Å². The number of nitrogens with two attached hydrogens (primary N) is 1. The van der Waals surface area contributed by atoms with E-state index in [-0.39, 0.29) is 0 Å². The molecule has 0 aliphatic rings. The van der Waals surface area contributed by atoms with Crippen molar-refractivity contribution in [2.45, 2.75) is 27.7 Å². The average molecular weight is 154 g/mol. The van der Waals surface area contributed by atoms with Gasteiger partial charge in [0.25, 0.3) is 0 Å². The van der Waals surface area contributed by atoms with Gasteiger partial charge in [0.2, 0.25) is 0 Å². The lowest BCUT2D eigenvalue weighted by molar-refractivity contribution is 1.43. The van der Waals surface area contributed by atoms with E-state index in [0.29, 0.717) is 5.84 Å². The number of nitrogens with zero attached hydrogens (tertiary/aromatic N) is 1. The van der Waals surface area contributed by atoms with Gasteiger partial charge in [-0.15, -0.1) is 0 Å². The van der Waals surface area contributed by atoms with E-state index in [1.54, 1.807) is 6.20 Å². The summed E-state index contributed by atoms with van der Waals surface area (Å²) < 4.78 is 0. The fourth-order valence-corrected chi connectivity index (χ4v) is 0.265. The average Bonchev–Trinajstić information content (AvgIpc) is 2.03. The highest BCUT2D eigenvalue weighted by atomic mass is 14.8. The van der Waals surface area contributed by atoms with Crippen molar-refractivity contribution in [3.8, 4) is 0 Å². The van der Waals surface area contributed by atoms with Gasteiger partial charge in [-0.25, -0.2) is 4.99 Å². The maximum absolute atomic E-state index is 5.40. The van der Waals surface area contributed by atoms with E-state index in [1.165, 1.54) is 0 Å². The SMILES string of the molecule is C=C(C)C(N)=N/C=C\C.CC. The molecule has 0 atom stereocenters. The summed E-state index contributed by atoms with van der Waals surface area (Å²) in [6.45, 7) is 11.3. The molecule has 64 valence electrons. The maximum Gasteiger partial charge on any atom is 0.125 e. The number of hydrogen-bond donors (Lipinski definition) is 1. The van der Waals surface area contributed by atoms with Gasteiger partial charge in [0.15, 0.2) is 0 Å². The molecule has 0 bridgehead atoms. The highest BCUT2D eigenvalue weighted by Crippen LogP contribution is 1.86. The van der Waals surface area contributed by atoms with Crippen LogP contribution in [0.3, 0.4) is 0 Å². The van der Waals surface area contributed by atoms with Gasteiger partial charge in [0, 0.05) is 6.20 Å². The van der Waals surface area contributed by atoms with E-state index in [4.69, 9.17) is 5.73 Å². The van der Waals surface area contributed by atoms with Gasteiger partial charge in [-0.1, -0.05) is 26.5 Å². The quantitative estimate of drug-likeness (QED) is 0.481. The Hall–Kier alpha value is -1.05. The summed E-state index contributed by atoms with van der Waals surface area (Å²) in [5, 5.41) is 0. The minimum Gasteiger partial charge on any atom is -0.384 e. The molecule has 11 heavy (non-hydrogen) atoms. The number of aliphatic imine (C=N–C) groups is 1. The highest BCUT2D eigenvalue weighted by Gasteiger charge is 1.86. The summed E-state index contributed by atoms with van der Waals surface area (Å²) in [7, 11) is 0. The fourth-order valence-electron chi connectivity index (χ4n) is 0.265. The van der Waals surface area contributed by atoms with Crippen molar-refractivity contribution in [1.29, 1.82) is 0 Å². The Morgan fingerprint density at radius 1 is 1.45 bits per heavy atom. The van der Waals surface area contributed by atoms with Gasteiger partial charge in [0.05, 0.1) is 0 Å². The van der Waals surface area contributed by atoms with Crippen molar-refractivity contribution >= 4 is 5.84 Å². The topological polar surface area (TPSA) is 38.4 Å². The van der Waals surface area contributed by atoms with Crippen molar-refractivity contribution in [3.63, 3.8) is 0 Å². The van der Waals surface area contributed by atoms with Crippen LogP contribution in [0.2, 0.25) is 0 Å². The Labute approximate surface area is 69.5 Å². The zero-order valence-electron chi connectivity index (χ0n) is 7.89. The Balaban J connectivity index is 0. The Morgan fingerprint density at radius 2 is 1.91 bits per heavy atom. The van der Waals surface area contributed by atoms with Gasteiger partial charge >= 0.3 is 0 Å². The number of allylic oxidation sites excluding steroid dienone is 1. The van der Waals surface area contributed by atoms with Crippen LogP contribution in [0.25, 0.3) is 0 Å². The molecular formula is C9H18N2. The first kappa shape index (κ1) is 12.6.